The highest BCUT2D eigenvalue weighted by atomic mass is 32.2. The van der Waals surface area contributed by atoms with Crippen LogP contribution in [0.2, 0.25) is 0 Å². The third kappa shape index (κ3) is 4.68. The van der Waals surface area contributed by atoms with E-state index in [2.05, 4.69) is 26.9 Å². The monoisotopic (exact) mass is 388 g/mol. The van der Waals surface area contributed by atoms with Crippen LogP contribution < -0.4 is 10.6 Å². The van der Waals surface area contributed by atoms with Crippen LogP contribution in [0.3, 0.4) is 0 Å². The lowest BCUT2D eigenvalue weighted by Crippen LogP contribution is -2.44. The lowest BCUT2D eigenvalue weighted by atomic mass is 10.1. The molecule has 2 amide bonds. The molecule has 3 rings (SSSR count). The lowest BCUT2D eigenvalue weighted by Gasteiger charge is -2.20. The molecule has 0 spiro atoms. The molecule has 0 aliphatic carbocycles. The summed E-state index contributed by atoms with van der Waals surface area (Å²) in [6.07, 6.45) is 0. The number of benzene rings is 1. The van der Waals surface area contributed by atoms with Crippen LogP contribution in [-0.4, -0.2) is 41.1 Å². The lowest BCUT2D eigenvalue weighted by molar-refractivity contribution is -0.138. The Morgan fingerprint density at radius 2 is 2.00 bits per heavy atom. The van der Waals surface area contributed by atoms with Gasteiger partial charge in [0, 0.05) is 17.0 Å². The van der Waals surface area contributed by atoms with Gasteiger partial charge in [0.25, 0.3) is 5.22 Å². The van der Waals surface area contributed by atoms with E-state index >= 15 is 0 Å². The number of hydrogen-bond donors (Lipinski definition) is 2. The molecule has 1 aromatic heterocycles. The summed E-state index contributed by atoms with van der Waals surface area (Å²) < 4.78 is 10.7. The Kier molecular flexibility index (Phi) is 5.80. The van der Waals surface area contributed by atoms with Crippen LogP contribution in [0.4, 0.5) is 4.79 Å². The maximum atomic E-state index is 12.0. The van der Waals surface area contributed by atoms with E-state index in [1.54, 1.807) is 6.92 Å². The largest absolute Gasteiger partial charge is 0.463 e. The Bertz CT molecular complexity index is 886. The minimum atomic E-state index is -0.456. The van der Waals surface area contributed by atoms with Crippen molar-refractivity contribution in [2.24, 2.45) is 0 Å². The van der Waals surface area contributed by atoms with E-state index in [1.807, 2.05) is 26.0 Å². The van der Waals surface area contributed by atoms with Gasteiger partial charge in [-0.15, -0.1) is 10.2 Å². The van der Waals surface area contributed by atoms with Crippen LogP contribution >= 0.6 is 11.8 Å². The van der Waals surface area contributed by atoms with Gasteiger partial charge in [0.15, 0.2) is 0 Å². The van der Waals surface area contributed by atoms with Crippen molar-refractivity contribution in [2.75, 3.05) is 18.9 Å². The molecule has 9 heteroatoms. The number of hydrogen-bond acceptors (Lipinski definition) is 7. The maximum Gasteiger partial charge on any atom is 0.337 e. The Morgan fingerprint density at radius 1 is 1.26 bits per heavy atom. The van der Waals surface area contributed by atoms with E-state index in [9.17, 15) is 9.59 Å². The second kappa shape index (κ2) is 8.26. The van der Waals surface area contributed by atoms with E-state index in [-0.39, 0.29) is 19.2 Å². The normalized spacial score (nSPS) is 14.0. The third-order valence-corrected chi connectivity index (χ3v) is 4.64. The highest BCUT2D eigenvalue weighted by Crippen LogP contribution is 2.26. The summed E-state index contributed by atoms with van der Waals surface area (Å²) in [4.78, 5) is 23.6. The molecular weight excluding hydrogens is 368 g/mol. The number of amides is 2. The zero-order chi connectivity index (χ0) is 19.4. The molecule has 1 aliphatic heterocycles. The van der Waals surface area contributed by atoms with Gasteiger partial charge in [-0.3, -0.25) is 0 Å². The third-order valence-electron chi connectivity index (χ3n) is 3.79. The van der Waals surface area contributed by atoms with E-state index in [1.165, 1.54) is 11.8 Å². The minimum Gasteiger partial charge on any atom is -0.463 e. The summed E-state index contributed by atoms with van der Waals surface area (Å²) in [5.74, 6) is 0.274. The first-order valence-electron chi connectivity index (χ1n) is 8.45. The number of esters is 1. The molecule has 27 heavy (non-hydrogen) atoms. The first-order chi connectivity index (χ1) is 13.0. The zero-order valence-corrected chi connectivity index (χ0v) is 16.1. The molecule has 142 valence electrons. The van der Waals surface area contributed by atoms with E-state index in [0.29, 0.717) is 28.1 Å². The number of nitrogens with zero attached hydrogens (tertiary/aromatic N) is 2. The Morgan fingerprint density at radius 3 is 2.70 bits per heavy atom. The molecule has 1 aromatic carbocycles. The van der Waals surface area contributed by atoms with Crippen LogP contribution in [0.1, 0.15) is 18.1 Å². The summed E-state index contributed by atoms with van der Waals surface area (Å²) in [6.45, 7) is 6.13. The summed E-state index contributed by atoms with van der Waals surface area (Å²) in [5.41, 5.74) is 3.94. The van der Waals surface area contributed by atoms with Crippen LogP contribution in [0.5, 0.6) is 0 Å². The second-order valence-corrected chi connectivity index (χ2v) is 6.95. The molecule has 8 nitrogen and oxygen atoms in total. The molecule has 1 aliphatic rings. The number of carbonyl (C=O) groups excluding carboxylic acids is 2. The molecule has 2 aromatic rings. The first kappa shape index (κ1) is 19.0. The number of thioether (sulfide) groups is 1. The van der Waals surface area contributed by atoms with Crippen molar-refractivity contribution in [1.29, 1.82) is 0 Å². The Labute approximate surface area is 160 Å². The highest BCUT2D eigenvalue weighted by Gasteiger charge is 2.24. The molecule has 0 saturated heterocycles. The molecule has 2 N–H and O–H groups in total. The van der Waals surface area contributed by atoms with Gasteiger partial charge in [0.1, 0.15) is 0 Å². The predicted octanol–water partition coefficient (Wildman–Crippen LogP) is 2.58. The number of aryl methyl sites for hydroxylation is 2. The van der Waals surface area contributed by atoms with Crippen molar-refractivity contribution in [3.05, 3.63) is 40.6 Å². The number of carbonyl (C=O) groups is 2. The fourth-order valence-electron chi connectivity index (χ4n) is 2.69. The van der Waals surface area contributed by atoms with Gasteiger partial charge in [-0.25, -0.2) is 9.59 Å². The topological polar surface area (TPSA) is 106 Å². The zero-order valence-electron chi connectivity index (χ0n) is 15.3. The summed E-state index contributed by atoms with van der Waals surface area (Å²) in [5, 5.41) is 13.7. The molecule has 0 fully saturated rings. The Balaban J connectivity index is 1.74. The summed E-state index contributed by atoms with van der Waals surface area (Å²) >= 11 is 1.24. The first-order valence-corrected chi connectivity index (χ1v) is 9.43. The van der Waals surface area contributed by atoms with Gasteiger partial charge in [-0.05, 0) is 32.9 Å². The average molecular weight is 388 g/mol. The summed E-state index contributed by atoms with van der Waals surface area (Å²) in [7, 11) is 0. The summed E-state index contributed by atoms with van der Waals surface area (Å²) in [6, 6.07) is 5.66. The molecule has 0 atom stereocenters. The standard InChI is InChI=1S/C18H20N4O4S/c1-4-25-16(23)13-8-19-17(24)20-14(13)9-27-18-22-21-15(26-18)12-6-10(2)5-11(3)7-12/h5-7H,4,8-9H2,1-3H3,(H2,19,20,24). The molecule has 0 unspecified atom stereocenters. The smallest absolute Gasteiger partial charge is 0.337 e. The van der Waals surface area contributed by atoms with Gasteiger partial charge in [0.2, 0.25) is 5.89 Å². The molecule has 0 radical (unpaired) electrons. The fourth-order valence-corrected chi connectivity index (χ4v) is 3.44. The number of aromatic nitrogens is 2. The van der Waals surface area contributed by atoms with Crippen molar-refractivity contribution in [3.63, 3.8) is 0 Å². The second-order valence-electron chi connectivity index (χ2n) is 6.02. The molecule has 0 bridgehead atoms. The molecule has 0 saturated carbocycles. The highest BCUT2D eigenvalue weighted by molar-refractivity contribution is 7.99. The van der Waals surface area contributed by atoms with Crippen molar-refractivity contribution < 1.29 is 18.7 Å². The average Bonchev–Trinajstić information content (AvgIpc) is 3.08. The van der Waals surface area contributed by atoms with Gasteiger partial charge in [0.05, 0.1) is 18.7 Å². The van der Waals surface area contributed by atoms with E-state index in [4.69, 9.17) is 9.15 Å². The van der Waals surface area contributed by atoms with E-state index in [0.717, 1.165) is 16.7 Å². The van der Waals surface area contributed by atoms with Crippen LogP contribution in [-0.2, 0) is 9.53 Å². The van der Waals surface area contributed by atoms with Gasteiger partial charge < -0.3 is 19.8 Å². The quantitative estimate of drug-likeness (QED) is 0.578. The number of nitrogens with one attached hydrogen (secondary N) is 2. The van der Waals surface area contributed by atoms with Crippen molar-refractivity contribution >= 4 is 23.8 Å². The molecule has 2 heterocycles. The SMILES string of the molecule is CCOC(=O)C1=C(CSc2nnc(-c3cc(C)cc(C)c3)o2)NC(=O)NC1. The number of urea groups is 1. The number of ether oxygens (including phenoxy) is 1. The van der Waals surface area contributed by atoms with Crippen molar-refractivity contribution in [3.8, 4) is 11.5 Å². The van der Waals surface area contributed by atoms with Crippen LogP contribution in [0, 0.1) is 13.8 Å². The maximum absolute atomic E-state index is 12.0. The van der Waals surface area contributed by atoms with Crippen LogP contribution in [0.15, 0.2) is 39.1 Å². The van der Waals surface area contributed by atoms with Crippen molar-refractivity contribution in [1.82, 2.24) is 20.8 Å². The van der Waals surface area contributed by atoms with Gasteiger partial charge >= 0.3 is 12.0 Å². The fraction of sp³-hybridized carbons (Fsp3) is 0.333. The minimum absolute atomic E-state index is 0.123. The van der Waals surface area contributed by atoms with Gasteiger partial charge in [-0.1, -0.05) is 29.0 Å². The predicted molar refractivity (Wildman–Crippen MR) is 100 cm³/mol. The van der Waals surface area contributed by atoms with Crippen molar-refractivity contribution in [2.45, 2.75) is 26.0 Å². The molecular formula is C18H20N4O4S. The van der Waals surface area contributed by atoms with Gasteiger partial charge in [-0.2, -0.15) is 0 Å². The van der Waals surface area contributed by atoms with Crippen LogP contribution in [0.25, 0.3) is 11.5 Å². The Hall–Kier alpha value is -2.81. The number of rotatable bonds is 6. The van der Waals surface area contributed by atoms with E-state index < -0.39 is 5.97 Å².